The Labute approximate surface area is 137 Å². The summed E-state index contributed by atoms with van der Waals surface area (Å²) in [4.78, 5) is 25.6. The van der Waals surface area contributed by atoms with Gasteiger partial charge in [-0.15, -0.1) is 0 Å². The van der Waals surface area contributed by atoms with E-state index in [2.05, 4.69) is 5.32 Å². The molecule has 1 fully saturated rings. The van der Waals surface area contributed by atoms with Gasteiger partial charge in [0, 0.05) is 31.6 Å². The summed E-state index contributed by atoms with van der Waals surface area (Å²) in [5.74, 6) is -0.259. The highest BCUT2D eigenvalue weighted by Gasteiger charge is 2.26. The molecule has 0 radical (unpaired) electrons. The molecule has 0 spiro atoms. The van der Waals surface area contributed by atoms with Crippen molar-refractivity contribution >= 4 is 17.5 Å². The van der Waals surface area contributed by atoms with Crippen molar-refractivity contribution in [2.24, 2.45) is 5.92 Å². The topological polar surface area (TPSA) is 49.4 Å². The first kappa shape index (κ1) is 17.4. The zero-order valence-electron chi connectivity index (χ0n) is 14.3. The molecule has 1 aromatic rings. The summed E-state index contributed by atoms with van der Waals surface area (Å²) < 4.78 is 13.9. The molecule has 1 heterocycles. The van der Waals surface area contributed by atoms with E-state index >= 15 is 0 Å². The number of likely N-dealkylation sites (tertiary alicyclic amines) is 1. The van der Waals surface area contributed by atoms with Crippen LogP contribution in [0.2, 0.25) is 0 Å². The van der Waals surface area contributed by atoms with Crippen molar-refractivity contribution in [3.05, 3.63) is 29.1 Å². The molecule has 2 amide bonds. The number of rotatable bonds is 3. The average Bonchev–Trinajstić information content (AvgIpc) is 2.49. The Balaban J connectivity index is 2.06. The lowest BCUT2D eigenvalue weighted by molar-refractivity contribution is -0.132. The summed E-state index contributed by atoms with van der Waals surface area (Å²) in [6.07, 6.45) is 1.34. The molecule has 0 bridgehead atoms. The van der Waals surface area contributed by atoms with Gasteiger partial charge in [0.05, 0.1) is 0 Å². The van der Waals surface area contributed by atoms with Crippen molar-refractivity contribution < 1.29 is 14.0 Å². The van der Waals surface area contributed by atoms with Crippen LogP contribution in [0.3, 0.4) is 0 Å². The lowest BCUT2D eigenvalue weighted by Gasteiger charge is -2.30. The van der Waals surface area contributed by atoms with E-state index in [9.17, 15) is 14.0 Å². The normalized spacial score (nSPS) is 15.8. The fourth-order valence-electron chi connectivity index (χ4n) is 2.96. The molecule has 2 rings (SSSR count). The van der Waals surface area contributed by atoms with Gasteiger partial charge in [-0.05, 0) is 48.9 Å². The molecule has 0 atom stereocenters. The van der Waals surface area contributed by atoms with E-state index in [4.69, 9.17) is 0 Å². The number of carbonyl (C=O) groups excluding carboxylic acids is 2. The van der Waals surface area contributed by atoms with E-state index in [0.29, 0.717) is 37.2 Å². The van der Waals surface area contributed by atoms with Gasteiger partial charge < -0.3 is 10.2 Å². The molecule has 1 aliphatic heterocycles. The van der Waals surface area contributed by atoms with E-state index in [1.807, 2.05) is 13.8 Å². The number of benzene rings is 1. The summed E-state index contributed by atoms with van der Waals surface area (Å²) >= 11 is 0. The van der Waals surface area contributed by atoms with Crippen LogP contribution in [0.15, 0.2) is 12.1 Å². The van der Waals surface area contributed by atoms with Crippen LogP contribution >= 0.6 is 0 Å². The smallest absolute Gasteiger partial charge is 0.227 e. The second-order valence-electron chi connectivity index (χ2n) is 6.61. The number of hydrogen-bond donors (Lipinski definition) is 1. The van der Waals surface area contributed by atoms with Crippen molar-refractivity contribution in [2.75, 3.05) is 18.4 Å². The van der Waals surface area contributed by atoms with Crippen LogP contribution in [0.25, 0.3) is 0 Å². The molecule has 0 saturated carbocycles. The zero-order valence-corrected chi connectivity index (χ0v) is 14.3. The van der Waals surface area contributed by atoms with Crippen LogP contribution in [0.1, 0.15) is 50.7 Å². The molecular formula is C18H25FN2O2. The van der Waals surface area contributed by atoms with E-state index in [-0.39, 0.29) is 29.5 Å². The fourth-order valence-corrected chi connectivity index (χ4v) is 2.96. The van der Waals surface area contributed by atoms with E-state index < -0.39 is 0 Å². The van der Waals surface area contributed by atoms with Crippen LogP contribution in [0.5, 0.6) is 0 Å². The molecular weight excluding hydrogens is 295 g/mol. The Morgan fingerprint density at radius 3 is 2.39 bits per heavy atom. The highest BCUT2D eigenvalue weighted by Crippen LogP contribution is 2.27. The predicted molar refractivity (Wildman–Crippen MR) is 88.8 cm³/mol. The number of anilines is 1. The molecule has 0 aliphatic carbocycles. The SMILES string of the molecule is CC(=O)N1CCC(C(=O)Nc2cc(C(C)C)c(F)cc2C)CC1. The van der Waals surface area contributed by atoms with Gasteiger partial charge >= 0.3 is 0 Å². The summed E-state index contributed by atoms with van der Waals surface area (Å²) in [5.41, 5.74) is 2.01. The predicted octanol–water partition coefficient (Wildman–Crippen LogP) is 3.45. The molecule has 4 nitrogen and oxygen atoms in total. The minimum atomic E-state index is -0.231. The number of nitrogens with one attached hydrogen (secondary N) is 1. The first-order chi connectivity index (χ1) is 10.8. The third-order valence-corrected chi connectivity index (χ3v) is 4.53. The van der Waals surface area contributed by atoms with Gasteiger partial charge in [0.1, 0.15) is 5.82 Å². The Morgan fingerprint density at radius 2 is 1.87 bits per heavy atom. The lowest BCUT2D eigenvalue weighted by Crippen LogP contribution is -2.40. The third kappa shape index (κ3) is 4.09. The molecule has 1 aliphatic rings. The number of hydrogen-bond acceptors (Lipinski definition) is 2. The van der Waals surface area contributed by atoms with E-state index in [1.165, 1.54) is 6.07 Å². The molecule has 5 heteroatoms. The Hall–Kier alpha value is -1.91. The third-order valence-electron chi connectivity index (χ3n) is 4.53. The highest BCUT2D eigenvalue weighted by molar-refractivity contribution is 5.93. The van der Waals surface area contributed by atoms with E-state index in [0.717, 1.165) is 5.56 Å². The van der Waals surface area contributed by atoms with Crippen molar-refractivity contribution in [3.63, 3.8) is 0 Å². The number of aryl methyl sites for hydroxylation is 1. The number of amides is 2. The maximum atomic E-state index is 13.9. The summed E-state index contributed by atoms with van der Waals surface area (Å²) in [5, 5.41) is 2.94. The quantitative estimate of drug-likeness (QED) is 0.927. The molecule has 1 N–H and O–H groups in total. The van der Waals surface area contributed by atoms with Gasteiger partial charge in [-0.25, -0.2) is 4.39 Å². The van der Waals surface area contributed by atoms with Crippen molar-refractivity contribution in [1.29, 1.82) is 0 Å². The van der Waals surface area contributed by atoms with Gasteiger partial charge in [-0.1, -0.05) is 13.8 Å². The average molecular weight is 320 g/mol. The number of piperidine rings is 1. The Kier molecular flexibility index (Phi) is 5.39. The first-order valence-corrected chi connectivity index (χ1v) is 8.16. The van der Waals surface area contributed by atoms with E-state index in [1.54, 1.807) is 24.8 Å². The van der Waals surface area contributed by atoms with Gasteiger partial charge in [0.25, 0.3) is 0 Å². The molecule has 0 aromatic heterocycles. The monoisotopic (exact) mass is 320 g/mol. The lowest BCUT2D eigenvalue weighted by atomic mass is 9.95. The maximum Gasteiger partial charge on any atom is 0.227 e. The van der Waals surface area contributed by atoms with Gasteiger partial charge in [-0.2, -0.15) is 0 Å². The largest absolute Gasteiger partial charge is 0.343 e. The van der Waals surface area contributed by atoms with Crippen LogP contribution < -0.4 is 5.32 Å². The summed E-state index contributed by atoms with van der Waals surface area (Å²) in [6.45, 7) is 8.44. The van der Waals surface area contributed by atoms with Gasteiger partial charge in [0.15, 0.2) is 0 Å². The highest BCUT2D eigenvalue weighted by atomic mass is 19.1. The van der Waals surface area contributed by atoms with Crippen LogP contribution in [-0.4, -0.2) is 29.8 Å². The zero-order chi connectivity index (χ0) is 17.1. The van der Waals surface area contributed by atoms with Gasteiger partial charge in [0.2, 0.25) is 11.8 Å². The molecule has 1 aromatic carbocycles. The Morgan fingerprint density at radius 1 is 1.26 bits per heavy atom. The second kappa shape index (κ2) is 7.11. The minimum Gasteiger partial charge on any atom is -0.343 e. The number of carbonyl (C=O) groups is 2. The number of nitrogens with zero attached hydrogens (tertiary/aromatic N) is 1. The summed E-state index contributed by atoms with van der Waals surface area (Å²) in [6, 6.07) is 3.21. The van der Waals surface area contributed by atoms with Crippen LogP contribution in [0.4, 0.5) is 10.1 Å². The molecule has 0 unspecified atom stereocenters. The standard InChI is InChI=1S/C18H25FN2O2/c1-11(2)15-10-17(12(3)9-16(15)19)20-18(23)14-5-7-21(8-6-14)13(4)22/h9-11,14H,5-8H2,1-4H3,(H,20,23). The van der Waals surface area contributed by atoms with Gasteiger partial charge in [-0.3, -0.25) is 9.59 Å². The minimum absolute atomic E-state index is 0.0439. The first-order valence-electron chi connectivity index (χ1n) is 8.16. The second-order valence-corrected chi connectivity index (χ2v) is 6.61. The Bertz CT molecular complexity index is 605. The maximum absolute atomic E-state index is 13.9. The van der Waals surface area contributed by atoms with Crippen molar-refractivity contribution in [2.45, 2.75) is 46.5 Å². The van der Waals surface area contributed by atoms with Crippen LogP contribution in [-0.2, 0) is 9.59 Å². The summed E-state index contributed by atoms with van der Waals surface area (Å²) in [7, 11) is 0. The molecule has 23 heavy (non-hydrogen) atoms. The molecule has 126 valence electrons. The van der Waals surface area contributed by atoms with Crippen LogP contribution in [0, 0.1) is 18.7 Å². The molecule has 1 saturated heterocycles. The van der Waals surface area contributed by atoms with Crippen molar-refractivity contribution in [3.8, 4) is 0 Å². The van der Waals surface area contributed by atoms with Crippen molar-refractivity contribution in [1.82, 2.24) is 4.90 Å². The fraction of sp³-hybridized carbons (Fsp3) is 0.556. The number of halogens is 1.